The van der Waals surface area contributed by atoms with Crippen LogP contribution in [0.5, 0.6) is 5.75 Å². The Bertz CT molecular complexity index is 951. The van der Waals surface area contributed by atoms with Gasteiger partial charge in [-0.1, -0.05) is 15.9 Å². The molecular formula is C15H9BrF3N3O6. The molecule has 9 nitrogen and oxygen atoms in total. The quantitative estimate of drug-likeness (QED) is 0.438. The summed E-state index contributed by atoms with van der Waals surface area (Å²) in [5.41, 5.74) is -1.42. The number of nitro groups is 1. The summed E-state index contributed by atoms with van der Waals surface area (Å²) in [6, 6.07) is 6.37. The van der Waals surface area contributed by atoms with E-state index in [0.29, 0.717) is 16.6 Å². The van der Waals surface area contributed by atoms with Crippen molar-refractivity contribution in [2.45, 2.75) is 6.36 Å². The standard InChI is InChI=1S/C15H9BrF3N3O6/c16-7-1-3-9(10(5-7)21-14(24)25)13(23)20-8-2-4-12(28-15(17,18)19)11(6-8)22(26)27/h1-6,21H,(H,20,23)(H,24,25). The van der Waals surface area contributed by atoms with Gasteiger partial charge in [0.25, 0.3) is 5.91 Å². The molecule has 2 aromatic carbocycles. The van der Waals surface area contributed by atoms with Crippen molar-refractivity contribution in [3.8, 4) is 5.75 Å². The molecule has 13 heteroatoms. The van der Waals surface area contributed by atoms with Crippen LogP contribution in [0.4, 0.5) is 35.0 Å². The van der Waals surface area contributed by atoms with Crippen LogP contribution < -0.4 is 15.4 Å². The molecule has 0 saturated heterocycles. The number of ether oxygens (including phenoxy) is 1. The molecule has 0 aromatic heterocycles. The van der Waals surface area contributed by atoms with Gasteiger partial charge in [0.2, 0.25) is 5.75 Å². The minimum Gasteiger partial charge on any atom is -0.465 e. The van der Waals surface area contributed by atoms with Gasteiger partial charge >= 0.3 is 18.1 Å². The minimum absolute atomic E-state index is 0.0779. The zero-order valence-electron chi connectivity index (χ0n) is 13.4. The van der Waals surface area contributed by atoms with E-state index in [1.165, 1.54) is 18.2 Å². The molecule has 2 rings (SSSR count). The van der Waals surface area contributed by atoms with Gasteiger partial charge in [-0.25, -0.2) is 4.79 Å². The number of carbonyl (C=O) groups is 2. The van der Waals surface area contributed by atoms with Gasteiger partial charge in [0.15, 0.2) is 0 Å². The molecule has 0 radical (unpaired) electrons. The molecule has 28 heavy (non-hydrogen) atoms. The molecule has 0 unspecified atom stereocenters. The van der Waals surface area contributed by atoms with Crippen LogP contribution in [0.15, 0.2) is 40.9 Å². The van der Waals surface area contributed by atoms with E-state index in [-0.39, 0.29) is 16.9 Å². The monoisotopic (exact) mass is 463 g/mol. The molecule has 148 valence electrons. The topological polar surface area (TPSA) is 131 Å². The zero-order valence-corrected chi connectivity index (χ0v) is 15.0. The molecule has 0 bridgehead atoms. The highest BCUT2D eigenvalue weighted by atomic mass is 79.9. The normalized spacial score (nSPS) is 10.9. The summed E-state index contributed by atoms with van der Waals surface area (Å²) in [6.07, 6.45) is -6.57. The number of nitro benzene ring substituents is 1. The van der Waals surface area contributed by atoms with Crippen LogP contribution >= 0.6 is 15.9 Å². The van der Waals surface area contributed by atoms with Crippen molar-refractivity contribution in [1.82, 2.24) is 0 Å². The lowest BCUT2D eigenvalue weighted by molar-refractivity contribution is -0.388. The lowest BCUT2D eigenvalue weighted by Crippen LogP contribution is -2.19. The van der Waals surface area contributed by atoms with Crippen LogP contribution in [0, 0.1) is 10.1 Å². The van der Waals surface area contributed by atoms with Crippen LogP contribution in [-0.2, 0) is 0 Å². The van der Waals surface area contributed by atoms with Gasteiger partial charge in [0, 0.05) is 16.2 Å². The Balaban J connectivity index is 2.33. The van der Waals surface area contributed by atoms with E-state index in [0.717, 1.165) is 6.07 Å². The Kier molecular flexibility index (Phi) is 6.08. The summed E-state index contributed by atoms with van der Waals surface area (Å²) in [4.78, 5) is 33.1. The highest BCUT2D eigenvalue weighted by Gasteiger charge is 2.34. The number of nitrogens with one attached hydrogen (secondary N) is 2. The molecule has 0 heterocycles. The number of carboxylic acid groups (broad SMARTS) is 1. The molecule has 0 aliphatic rings. The summed E-state index contributed by atoms with van der Waals surface area (Å²) in [5.74, 6) is -1.90. The number of anilines is 2. The molecule has 0 spiro atoms. The van der Waals surface area contributed by atoms with Crippen molar-refractivity contribution >= 4 is 45.0 Å². The number of hydrogen-bond acceptors (Lipinski definition) is 5. The number of benzene rings is 2. The lowest BCUT2D eigenvalue weighted by Gasteiger charge is -2.12. The first-order chi connectivity index (χ1) is 13.0. The van der Waals surface area contributed by atoms with Crippen LogP contribution in [0.25, 0.3) is 0 Å². The van der Waals surface area contributed by atoms with Crippen LogP contribution in [0.1, 0.15) is 10.4 Å². The molecule has 0 atom stereocenters. The van der Waals surface area contributed by atoms with E-state index in [9.17, 15) is 32.9 Å². The third-order valence-electron chi connectivity index (χ3n) is 3.11. The van der Waals surface area contributed by atoms with Gasteiger partial charge in [-0.3, -0.25) is 20.2 Å². The molecule has 0 fully saturated rings. The molecular weight excluding hydrogens is 455 g/mol. The van der Waals surface area contributed by atoms with Gasteiger partial charge in [0.05, 0.1) is 16.2 Å². The third kappa shape index (κ3) is 5.57. The minimum atomic E-state index is -5.13. The average Bonchev–Trinajstić information content (AvgIpc) is 2.54. The van der Waals surface area contributed by atoms with E-state index >= 15 is 0 Å². The van der Waals surface area contributed by atoms with Gasteiger partial charge in [-0.2, -0.15) is 0 Å². The summed E-state index contributed by atoms with van der Waals surface area (Å²) in [7, 11) is 0. The van der Waals surface area contributed by atoms with Crippen molar-refractivity contribution in [3.05, 3.63) is 56.5 Å². The first-order valence-corrected chi connectivity index (χ1v) is 7.90. The second-order valence-corrected chi connectivity index (χ2v) is 5.98. The first-order valence-electron chi connectivity index (χ1n) is 7.11. The summed E-state index contributed by atoms with van der Waals surface area (Å²) in [6.45, 7) is 0. The molecule has 2 aromatic rings. The number of amides is 2. The molecule has 0 aliphatic carbocycles. The maximum absolute atomic E-state index is 12.4. The highest BCUT2D eigenvalue weighted by Crippen LogP contribution is 2.34. The van der Waals surface area contributed by atoms with Crippen molar-refractivity contribution in [2.75, 3.05) is 10.6 Å². The molecule has 0 aliphatic heterocycles. The Morgan fingerprint density at radius 2 is 1.82 bits per heavy atom. The number of hydrogen-bond donors (Lipinski definition) is 3. The number of halogens is 4. The van der Waals surface area contributed by atoms with Crippen LogP contribution in [-0.4, -0.2) is 28.4 Å². The predicted molar refractivity (Wildman–Crippen MR) is 93.5 cm³/mol. The van der Waals surface area contributed by atoms with Gasteiger partial charge in [0.1, 0.15) is 0 Å². The fourth-order valence-electron chi connectivity index (χ4n) is 2.08. The van der Waals surface area contributed by atoms with Crippen molar-refractivity contribution in [1.29, 1.82) is 0 Å². The van der Waals surface area contributed by atoms with E-state index in [4.69, 9.17) is 5.11 Å². The van der Waals surface area contributed by atoms with Crippen molar-refractivity contribution in [3.63, 3.8) is 0 Å². The number of nitrogens with zero attached hydrogens (tertiary/aromatic N) is 1. The first kappa shape index (κ1) is 21.0. The maximum Gasteiger partial charge on any atom is 0.573 e. The summed E-state index contributed by atoms with van der Waals surface area (Å²) in [5, 5.41) is 24.1. The smallest absolute Gasteiger partial charge is 0.465 e. The van der Waals surface area contributed by atoms with E-state index in [2.05, 4.69) is 26.0 Å². The fourth-order valence-corrected chi connectivity index (χ4v) is 2.44. The SMILES string of the molecule is O=C(O)Nc1cc(Br)ccc1C(=O)Nc1ccc(OC(F)(F)F)c([N+](=O)[O-])c1. The Morgan fingerprint density at radius 1 is 1.14 bits per heavy atom. The highest BCUT2D eigenvalue weighted by molar-refractivity contribution is 9.10. The van der Waals surface area contributed by atoms with Crippen molar-refractivity contribution < 1.29 is 37.5 Å². The summed E-state index contributed by atoms with van der Waals surface area (Å²) >= 11 is 3.11. The van der Waals surface area contributed by atoms with Gasteiger partial charge in [-0.15, -0.1) is 13.2 Å². The fraction of sp³-hybridized carbons (Fsp3) is 0.0667. The molecule has 3 N–H and O–H groups in total. The number of rotatable bonds is 5. The Morgan fingerprint density at radius 3 is 2.39 bits per heavy atom. The molecule has 2 amide bonds. The predicted octanol–water partition coefficient (Wildman–Crippen LogP) is 4.60. The van der Waals surface area contributed by atoms with Gasteiger partial charge in [-0.05, 0) is 30.3 Å². The number of carbonyl (C=O) groups excluding carboxylic acids is 1. The van der Waals surface area contributed by atoms with E-state index in [1.807, 2.05) is 5.32 Å². The average molecular weight is 464 g/mol. The van der Waals surface area contributed by atoms with Crippen LogP contribution in [0.2, 0.25) is 0 Å². The summed E-state index contributed by atoms with van der Waals surface area (Å²) < 4.78 is 41.0. The maximum atomic E-state index is 12.4. The lowest BCUT2D eigenvalue weighted by atomic mass is 10.1. The van der Waals surface area contributed by atoms with E-state index < -0.39 is 34.7 Å². The van der Waals surface area contributed by atoms with E-state index in [1.54, 1.807) is 0 Å². The second kappa shape index (κ2) is 8.12. The largest absolute Gasteiger partial charge is 0.573 e. The Labute approximate surface area is 162 Å². The number of alkyl halides is 3. The Hall–Kier alpha value is -3.35. The van der Waals surface area contributed by atoms with Gasteiger partial charge < -0.3 is 15.2 Å². The second-order valence-electron chi connectivity index (χ2n) is 5.06. The van der Waals surface area contributed by atoms with Crippen LogP contribution in [0.3, 0.4) is 0 Å². The third-order valence-corrected chi connectivity index (χ3v) is 3.60. The molecule has 0 saturated carbocycles. The van der Waals surface area contributed by atoms with Crippen molar-refractivity contribution in [2.24, 2.45) is 0 Å². The zero-order chi connectivity index (χ0) is 21.1.